The van der Waals surface area contributed by atoms with E-state index < -0.39 is 0 Å². The molecule has 0 spiro atoms. The molecule has 0 fully saturated rings. The number of aryl methyl sites for hydroxylation is 2. The number of carbonyl (C=O) groups is 2. The van der Waals surface area contributed by atoms with E-state index in [9.17, 15) is 9.59 Å². The zero-order valence-electron chi connectivity index (χ0n) is 18.7. The van der Waals surface area contributed by atoms with Crippen molar-refractivity contribution in [3.63, 3.8) is 0 Å². The number of thioether (sulfide) groups is 1. The Morgan fingerprint density at radius 3 is 1.64 bits per heavy atom. The Kier molecular flexibility index (Phi) is 7.19. The molecule has 0 aliphatic rings. The quantitative estimate of drug-likeness (QED) is 0.341. The number of nitrogens with zero attached hydrogens (tertiary/aromatic N) is 2. The first kappa shape index (κ1) is 22.7. The normalized spacial score (nSPS) is 11.0. The summed E-state index contributed by atoms with van der Waals surface area (Å²) in [6.07, 6.45) is 4.28. The number of nitrogens with one attached hydrogen (secondary N) is 2. The maximum Gasteiger partial charge on any atom is 0.225 e. The number of rotatable bonds is 8. The average molecular weight is 459 g/mol. The van der Waals surface area contributed by atoms with Crippen molar-refractivity contribution in [2.24, 2.45) is 0 Å². The molecule has 0 aliphatic carbocycles. The average Bonchev–Trinajstić information content (AvgIpc) is 2.83. The summed E-state index contributed by atoms with van der Waals surface area (Å²) in [5.41, 5.74) is 5.50. The van der Waals surface area contributed by atoms with Crippen molar-refractivity contribution in [1.29, 1.82) is 0 Å². The van der Waals surface area contributed by atoms with Gasteiger partial charge >= 0.3 is 0 Å². The first-order valence-electron chi connectivity index (χ1n) is 10.9. The molecule has 7 heteroatoms. The minimum absolute atomic E-state index is 0.0421. The summed E-state index contributed by atoms with van der Waals surface area (Å²) in [7, 11) is 0. The van der Waals surface area contributed by atoms with Crippen molar-refractivity contribution >= 4 is 56.8 Å². The second-order valence-electron chi connectivity index (χ2n) is 7.87. The van der Waals surface area contributed by atoms with Crippen molar-refractivity contribution in [3.05, 3.63) is 72.1 Å². The number of anilines is 2. The molecule has 2 aromatic heterocycles. The Balaban J connectivity index is 1.23. The van der Waals surface area contributed by atoms with Gasteiger partial charge in [0.2, 0.25) is 11.8 Å². The van der Waals surface area contributed by atoms with Crippen LogP contribution < -0.4 is 10.6 Å². The minimum Gasteiger partial charge on any atom is -0.325 e. The Bertz CT molecular complexity index is 1220. The fourth-order valence-corrected chi connectivity index (χ4v) is 4.57. The highest BCUT2D eigenvalue weighted by molar-refractivity contribution is 7.99. The fourth-order valence-electron chi connectivity index (χ4n) is 3.70. The Hall–Kier alpha value is -3.45. The summed E-state index contributed by atoms with van der Waals surface area (Å²) < 4.78 is 0. The van der Waals surface area contributed by atoms with Crippen LogP contribution in [0.15, 0.2) is 60.9 Å². The van der Waals surface area contributed by atoms with Crippen molar-refractivity contribution in [1.82, 2.24) is 9.97 Å². The second kappa shape index (κ2) is 10.4. The maximum absolute atomic E-state index is 12.4. The number of amides is 2. The Labute approximate surface area is 197 Å². The van der Waals surface area contributed by atoms with Crippen LogP contribution in [-0.4, -0.2) is 33.3 Å². The molecule has 0 aliphatic heterocycles. The molecule has 0 bridgehead atoms. The number of hydrogen-bond donors (Lipinski definition) is 2. The lowest BCUT2D eigenvalue weighted by Crippen LogP contribution is -2.14. The molecule has 168 valence electrons. The van der Waals surface area contributed by atoms with Crippen LogP contribution in [0.4, 0.5) is 11.4 Å². The predicted octanol–water partition coefficient (Wildman–Crippen LogP) is 5.49. The van der Waals surface area contributed by atoms with Gasteiger partial charge in [-0.15, -0.1) is 0 Å². The molecule has 2 N–H and O–H groups in total. The van der Waals surface area contributed by atoms with E-state index in [0.717, 1.165) is 44.3 Å². The molecule has 2 aromatic carbocycles. The van der Waals surface area contributed by atoms with E-state index in [1.54, 1.807) is 24.2 Å². The van der Waals surface area contributed by atoms with E-state index in [0.29, 0.717) is 24.3 Å². The molecule has 0 radical (unpaired) electrons. The molecular weight excluding hydrogens is 432 g/mol. The smallest absolute Gasteiger partial charge is 0.225 e. The number of benzene rings is 2. The molecule has 33 heavy (non-hydrogen) atoms. The van der Waals surface area contributed by atoms with Gasteiger partial charge in [0.05, 0.1) is 22.4 Å². The van der Waals surface area contributed by atoms with Gasteiger partial charge in [-0.2, -0.15) is 11.8 Å². The summed E-state index contributed by atoms with van der Waals surface area (Å²) in [4.78, 5) is 33.6. The number of pyridine rings is 2. The molecule has 0 saturated heterocycles. The van der Waals surface area contributed by atoms with E-state index in [1.807, 2.05) is 62.4 Å². The monoisotopic (exact) mass is 458 g/mol. The highest BCUT2D eigenvalue weighted by atomic mass is 32.2. The largest absolute Gasteiger partial charge is 0.325 e. The molecule has 2 heterocycles. The topological polar surface area (TPSA) is 84.0 Å². The number of carbonyl (C=O) groups excluding carboxylic acids is 2. The number of hydrogen-bond acceptors (Lipinski definition) is 5. The first-order valence-corrected chi connectivity index (χ1v) is 12.0. The van der Waals surface area contributed by atoms with Crippen molar-refractivity contribution in [3.8, 4) is 0 Å². The highest BCUT2D eigenvalue weighted by Gasteiger charge is 2.10. The van der Waals surface area contributed by atoms with Gasteiger partial charge in [-0.1, -0.05) is 12.1 Å². The molecule has 0 saturated carbocycles. The van der Waals surface area contributed by atoms with Gasteiger partial charge in [-0.25, -0.2) is 0 Å². The fraction of sp³-hybridized carbons (Fsp3) is 0.231. The van der Waals surface area contributed by atoms with Crippen molar-refractivity contribution < 1.29 is 9.59 Å². The first-order chi connectivity index (χ1) is 16.0. The van der Waals surface area contributed by atoms with Gasteiger partial charge in [0.1, 0.15) is 0 Å². The van der Waals surface area contributed by atoms with Gasteiger partial charge in [-0.3, -0.25) is 19.6 Å². The lowest BCUT2D eigenvalue weighted by molar-refractivity contribution is -0.116. The van der Waals surface area contributed by atoms with Gasteiger partial charge in [-0.05, 0) is 61.4 Å². The Morgan fingerprint density at radius 2 is 1.18 bits per heavy atom. The molecule has 6 nitrogen and oxygen atoms in total. The summed E-state index contributed by atoms with van der Waals surface area (Å²) in [6.45, 7) is 4.01. The highest BCUT2D eigenvalue weighted by Crippen LogP contribution is 2.26. The van der Waals surface area contributed by atoms with E-state index in [1.165, 1.54) is 0 Å². The van der Waals surface area contributed by atoms with Crippen LogP contribution in [0.1, 0.15) is 24.0 Å². The summed E-state index contributed by atoms with van der Waals surface area (Å²) in [5, 5.41) is 7.85. The van der Waals surface area contributed by atoms with Crippen LogP contribution in [0.25, 0.3) is 21.8 Å². The SMILES string of the molecule is Cc1ccc(NC(=O)CCSCCC(=O)Nc2ccc(C)c3ncccc23)c2cccnc12. The van der Waals surface area contributed by atoms with Crippen LogP contribution in [-0.2, 0) is 9.59 Å². The number of fused-ring (bicyclic) bond motifs is 2. The van der Waals surface area contributed by atoms with Gasteiger partial charge in [0.15, 0.2) is 0 Å². The van der Waals surface area contributed by atoms with Gasteiger partial charge < -0.3 is 10.6 Å². The van der Waals surface area contributed by atoms with E-state index in [-0.39, 0.29) is 11.8 Å². The third-order valence-electron chi connectivity index (χ3n) is 5.44. The zero-order chi connectivity index (χ0) is 23.2. The summed E-state index contributed by atoms with van der Waals surface area (Å²) in [5.74, 6) is 1.22. The van der Waals surface area contributed by atoms with Crippen molar-refractivity contribution in [2.45, 2.75) is 26.7 Å². The van der Waals surface area contributed by atoms with Crippen LogP contribution >= 0.6 is 11.8 Å². The maximum atomic E-state index is 12.4. The summed E-state index contributed by atoms with van der Waals surface area (Å²) in [6, 6.07) is 15.4. The summed E-state index contributed by atoms with van der Waals surface area (Å²) >= 11 is 1.60. The van der Waals surface area contributed by atoms with E-state index >= 15 is 0 Å². The van der Waals surface area contributed by atoms with Crippen LogP contribution in [0, 0.1) is 13.8 Å². The third kappa shape index (κ3) is 5.49. The van der Waals surface area contributed by atoms with Gasteiger partial charge in [0, 0.05) is 47.5 Å². The zero-order valence-corrected chi connectivity index (χ0v) is 19.5. The molecule has 0 unspecified atom stereocenters. The lowest BCUT2D eigenvalue weighted by atomic mass is 10.1. The number of aromatic nitrogens is 2. The van der Waals surface area contributed by atoms with Crippen LogP contribution in [0.3, 0.4) is 0 Å². The van der Waals surface area contributed by atoms with Crippen LogP contribution in [0.2, 0.25) is 0 Å². The van der Waals surface area contributed by atoms with E-state index in [2.05, 4.69) is 20.6 Å². The lowest BCUT2D eigenvalue weighted by Gasteiger charge is -2.10. The van der Waals surface area contributed by atoms with Crippen LogP contribution in [0.5, 0.6) is 0 Å². The van der Waals surface area contributed by atoms with Crippen molar-refractivity contribution in [2.75, 3.05) is 22.1 Å². The molecular formula is C26H26N4O2S. The predicted molar refractivity (Wildman–Crippen MR) is 137 cm³/mol. The van der Waals surface area contributed by atoms with Gasteiger partial charge in [0.25, 0.3) is 0 Å². The Morgan fingerprint density at radius 1 is 0.727 bits per heavy atom. The standard InChI is InChI=1S/C26H26N4O2S/c1-17-7-9-21(19-5-3-13-27-25(17)19)29-23(31)11-15-33-16-12-24(32)30-22-10-8-18(2)26-20(22)6-4-14-28-26/h3-10,13-14H,11-12,15-16H2,1-2H3,(H,29,31)(H,30,32). The minimum atomic E-state index is -0.0421. The second-order valence-corrected chi connectivity index (χ2v) is 9.09. The molecule has 0 atom stereocenters. The molecule has 2 amide bonds. The molecule has 4 rings (SSSR count). The molecule has 4 aromatic rings. The third-order valence-corrected chi connectivity index (χ3v) is 6.42. The van der Waals surface area contributed by atoms with E-state index in [4.69, 9.17) is 0 Å².